The summed E-state index contributed by atoms with van der Waals surface area (Å²) in [6, 6.07) is 7.76. The Balaban J connectivity index is 2.08. The van der Waals surface area contributed by atoms with Gasteiger partial charge in [0.25, 0.3) is 0 Å². The first-order valence-electron chi connectivity index (χ1n) is 5.98. The van der Waals surface area contributed by atoms with Crippen LogP contribution in [0.15, 0.2) is 24.3 Å². The fraction of sp³-hybridized carbons (Fsp3) is 0.500. The maximum absolute atomic E-state index is 12.1. The van der Waals surface area contributed by atoms with E-state index in [0.717, 1.165) is 36.8 Å². The Bertz CT molecular complexity index is 391. The maximum atomic E-state index is 12.1. The summed E-state index contributed by atoms with van der Waals surface area (Å²) in [5.74, 6) is 0.188. The summed E-state index contributed by atoms with van der Waals surface area (Å²) in [5, 5.41) is 0. The van der Waals surface area contributed by atoms with Crippen LogP contribution in [0.4, 0.5) is 0 Å². The highest BCUT2D eigenvalue weighted by Crippen LogP contribution is 2.31. The van der Waals surface area contributed by atoms with E-state index in [-0.39, 0.29) is 11.3 Å². The zero-order valence-electron chi connectivity index (χ0n) is 9.83. The molecule has 0 spiro atoms. The molecule has 2 rings (SSSR count). The van der Waals surface area contributed by atoms with E-state index >= 15 is 0 Å². The van der Waals surface area contributed by atoms with Crippen LogP contribution in [0.2, 0.25) is 0 Å². The van der Waals surface area contributed by atoms with E-state index in [1.807, 2.05) is 31.2 Å². The fourth-order valence-electron chi connectivity index (χ4n) is 2.50. The summed E-state index contributed by atoms with van der Waals surface area (Å²) in [6.45, 7) is 2.00. The van der Waals surface area contributed by atoms with Crippen molar-refractivity contribution in [2.45, 2.75) is 44.6 Å². The van der Waals surface area contributed by atoms with Gasteiger partial charge in [0.1, 0.15) is 0 Å². The maximum Gasteiger partial charge on any atom is 0.164 e. The van der Waals surface area contributed by atoms with Gasteiger partial charge in [0.15, 0.2) is 5.78 Å². The largest absolute Gasteiger partial charge is 0.325 e. The summed E-state index contributed by atoms with van der Waals surface area (Å²) in [6.07, 6.45) is 4.81. The summed E-state index contributed by atoms with van der Waals surface area (Å²) >= 11 is 0. The highest BCUT2D eigenvalue weighted by Gasteiger charge is 2.31. The van der Waals surface area contributed by atoms with E-state index in [0.29, 0.717) is 6.42 Å². The second-order valence-corrected chi connectivity index (χ2v) is 5.04. The lowest BCUT2D eigenvalue weighted by Crippen LogP contribution is -2.38. The number of nitrogens with two attached hydrogens (primary N) is 1. The van der Waals surface area contributed by atoms with Gasteiger partial charge in [0.05, 0.1) is 0 Å². The van der Waals surface area contributed by atoms with E-state index in [9.17, 15) is 4.79 Å². The monoisotopic (exact) mass is 217 g/mol. The molecule has 1 aliphatic rings. The quantitative estimate of drug-likeness (QED) is 0.791. The van der Waals surface area contributed by atoms with E-state index in [4.69, 9.17) is 5.73 Å². The van der Waals surface area contributed by atoms with Gasteiger partial charge in [-0.25, -0.2) is 0 Å². The van der Waals surface area contributed by atoms with Crippen molar-refractivity contribution in [3.63, 3.8) is 0 Å². The number of carbonyl (C=O) groups is 1. The van der Waals surface area contributed by atoms with E-state index in [1.54, 1.807) is 0 Å². The van der Waals surface area contributed by atoms with Crippen molar-refractivity contribution in [3.05, 3.63) is 35.4 Å². The van der Waals surface area contributed by atoms with Crippen LogP contribution in [0.3, 0.4) is 0 Å². The summed E-state index contributed by atoms with van der Waals surface area (Å²) < 4.78 is 0. The van der Waals surface area contributed by atoms with Crippen molar-refractivity contribution < 1.29 is 4.79 Å². The molecule has 0 aliphatic heterocycles. The zero-order valence-corrected chi connectivity index (χ0v) is 9.83. The molecule has 2 heteroatoms. The van der Waals surface area contributed by atoms with Crippen LogP contribution in [0.25, 0.3) is 0 Å². The Kier molecular flexibility index (Phi) is 3.10. The van der Waals surface area contributed by atoms with Gasteiger partial charge in [-0.1, -0.05) is 36.6 Å². The predicted octanol–water partition coefficient (Wildman–Crippen LogP) is 2.84. The first kappa shape index (κ1) is 11.3. The molecule has 0 atom stereocenters. The molecule has 0 aromatic heterocycles. The molecule has 1 aromatic rings. The van der Waals surface area contributed by atoms with Crippen LogP contribution < -0.4 is 5.73 Å². The number of Topliss-reactive ketones (excluding diaryl/α,β-unsaturated/α-hetero) is 1. The van der Waals surface area contributed by atoms with Crippen LogP contribution in [-0.2, 0) is 0 Å². The summed E-state index contributed by atoms with van der Waals surface area (Å²) in [5.41, 5.74) is 7.91. The lowest BCUT2D eigenvalue weighted by Gasteiger charge is -2.22. The van der Waals surface area contributed by atoms with Crippen molar-refractivity contribution in [3.8, 4) is 0 Å². The molecule has 2 nitrogen and oxygen atoms in total. The molecule has 2 N–H and O–H groups in total. The molecule has 0 amide bonds. The number of benzene rings is 1. The SMILES string of the molecule is Cc1cccc(C(=O)CC2(N)CCCC2)c1. The van der Waals surface area contributed by atoms with Crippen molar-refractivity contribution >= 4 is 5.78 Å². The fourth-order valence-corrected chi connectivity index (χ4v) is 2.50. The number of aryl methyl sites for hydroxylation is 1. The van der Waals surface area contributed by atoms with Gasteiger partial charge < -0.3 is 5.73 Å². The number of ketones is 1. The van der Waals surface area contributed by atoms with Gasteiger partial charge in [-0.15, -0.1) is 0 Å². The van der Waals surface area contributed by atoms with Crippen LogP contribution in [0, 0.1) is 6.92 Å². The van der Waals surface area contributed by atoms with E-state index in [2.05, 4.69) is 0 Å². The minimum absolute atomic E-state index is 0.188. The first-order valence-corrected chi connectivity index (χ1v) is 5.98. The molecule has 1 aromatic carbocycles. The molecular formula is C14H19NO. The molecule has 1 fully saturated rings. The number of hydrogen-bond acceptors (Lipinski definition) is 2. The average Bonchev–Trinajstić information content (AvgIpc) is 2.65. The van der Waals surface area contributed by atoms with Gasteiger partial charge in [-0.2, -0.15) is 0 Å². The highest BCUT2D eigenvalue weighted by atomic mass is 16.1. The molecule has 86 valence electrons. The molecule has 0 saturated heterocycles. The van der Waals surface area contributed by atoms with Crippen molar-refractivity contribution in [1.29, 1.82) is 0 Å². The summed E-state index contributed by atoms with van der Waals surface area (Å²) in [4.78, 5) is 12.1. The second kappa shape index (κ2) is 4.38. The third-order valence-corrected chi connectivity index (χ3v) is 3.45. The normalized spacial score (nSPS) is 18.6. The topological polar surface area (TPSA) is 43.1 Å². The second-order valence-electron chi connectivity index (χ2n) is 5.04. The lowest BCUT2D eigenvalue weighted by molar-refractivity contribution is 0.0952. The Morgan fingerprint density at radius 3 is 2.69 bits per heavy atom. The smallest absolute Gasteiger partial charge is 0.164 e. The lowest BCUT2D eigenvalue weighted by atomic mass is 9.90. The van der Waals surface area contributed by atoms with Crippen LogP contribution >= 0.6 is 0 Å². The Hall–Kier alpha value is -1.15. The Morgan fingerprint density at radius 1 is 1.38 bits per heavy atom. The van der Waals surface area contributed by atoms with Gasteiger partial charge in [0, 0.05) is 17.5 Å². The number of carbonyl (C=O) groups excluding carboxylic acids is 1. The van der Waals surface area contributed by atoms with Crippen molar-refractivity contribution in [1.82, 2.24) is 0 Å². The first-order chi connectivity index (χ1) is 7.59. The highest BCUT2D eigenvalue weighted by molar-refractivity contribution is 5.96. The third kappa shape index (κ3) is 2.50. The molecule has 0 bridgehead atoms. The van der Waals surface area contributed by atoms with Crippen LogP contribution in [0.5, 0.6) is 0 Å². The Morgan fingerprint density at radius 2 is 2.06 bits per heavy atom. The van der Waals surface area contributed by atoms with Gasteiger partial charge in [-0.05, 0) is 25.8 Å². The minimum atomic E-state index is -0.235. The molecule has 0 unspecified atom stereocenters. The number of hydrogen-bond donors (Lipinski definition) is 1. The van der Waals surface area contributed by atoms with Crippen LogP contribution in [0.1, 0.15) is 48.0 Å². The van der Waals surface area contributed by atoms with Gasteiger partial charge >= 0.3 is 0 Å². The predicted molar refractivity (Wildman–Crippen MR) is 65.5 cm³/mol. The van der Waals surface area contributed by atoms with Crippen molar-refractivity contribution in [2.24, 2.45) is 5.73 Å². The molecule has 0 radical (unpaired) electrons. The molecule has 16 heavy (non-hydrogen) atoms. The summed E-state index contributed by atoms with van der Waals surface area (Å²) in [7, 11) is 0. The zero-order chi connectivity index (χ0) is 11.6. The van der Waals surface area contributed by atoms with Crippen LogP contribution in [-0.4, -0.2) is 11.3 Å². The molecule has 1 aliphatic carbocycles. The Labute approximate surface area is 96.8 Å². The molecule has 1 saturated carbocycles. The molecular weight excluding hydrogens is 198 g/mol. The standard InChI is InChI=1S/C14H19NO/c1-11-5-4-6-12(9-11)13(16)10-14(15)7-2-3-8-14/h4-6,9H,2-3,7-8,10,15H2,1H3. The van der Waals surface area contributed by atoms with Gasteiger partial charge in [-0.3, -0.25) is 4.79 Å². The average molecular weight is 217 g/mol. The van der Waals surface area contributed by atoms with E-state index < -0.39 is 0 Å². The minimum Gasteiger partial charge on any atom is -0.325 e. The van der Waals surface area contributed by atoms with Crippen molar-refractivity contribution in [2.75, 3.05) is 0 Å². The van der Waals surface area contributed by atoms with Gasteiger partial charge in [0.2, 0.25) is 0 Å². The van der Waals surface area contributed by atoms with E-state index in [1.165, 1.54) is 0 Å². The number of rotatable bonds is 3. The molecule has 0 heterocycles. The third-order valence-electron chi connectivity index (χ3n) is 3.45.